The van der Waals surface area contributed by atoms with Crippen LogP contribution in [0, 0.1) is 17.2 Å². The van der Waals surface area contributed by atoms with E-state index in [4.69, 9.17) is 14.2 Å². The molecule has 0 radical (unpaired) electrons. The van der Waals surface area contributed by atoms with Gasteiger partial charge in [0.15, 0.2) is 11.5 Å². The van der Waals surface area contributed by atoms with Gasteiger partial charge in [0.1, 0.15) is 35.6 Å². The standard InChI is InChI=1S/C28H30N4O4S/c1-5-8-21-9-6-7-10-23(21)35-13-14-36-24-12-11-20(17-25(24)34-4)16-22(18-29)27(33)30-28-32-31-26(37-28)15-19(2)3/h5-7,9-12,16-17,19H,1,8,13-15H2,2-4H3,(H,30,32,33). The number of hydrogen-bond donors (Lipinski definition) is 1. The molecule has 0 saturated heterocycles. The van der Waals surface area contributed by atoms with Crippen LogP contribution in [0.2, 0.25) is 0 Å². The lowest BCUT2D eigenvalue weighted by Crippen LogP contribution is -2.13. The smallest absolute Gasteiger partial charge is 0.268 e. The van der Waals surface area contributed by atoms with Crippen LogP contribution in [-0.2, 0) is 17.6 Å². The Hall–Kier alpha value is -4.16. The fourth-order valence-corrected chi connectivity index (χ4v) is 4.33. The van der Waals surface area contributed by atoms with Gasteiger partial charge in [-0.25, -0.2) is 0 Å². The van der Waals surface area contributed by atoms with Gasteiger partial charge in [-0.05, 0) is 47.7 Å². The Morgan fingerprint density at radius 3 is 2.59 bits per heavy atom. The lowest BCUT2D eigenvalue weighted by Gasteiger charge is -2.13. The van der Waals surface area contributed by atoms with E-state index in [9.17, 15) is 10.1 Å². The van der Waals surface area contributed by atoms with Crippen molar-refractivity contribution < 1.29 is 19.0 Å². The monoisotopic (exact) mass is 518 g/mol. The summed E-state index contributed by atoms with van der Waals surface area (Å²) < 4.78 is 17.2. The number of anilines is 1. The highest BCUT2D eigenvalue weighted by molar-refractivity contribution is 7.15. The second-order valence-corrected chi connectivity index (χ2v) is 9.49. The van der Waals surface area contributed by atoms with Gasteiger partial charge in [0, 0.05) is 6.42 Å². The molecule has 0 bridgehead atoms. The summed E-state index contributed by atoms with van der Waals surface area (Å²) in [6.07, 6.45) is 4.82. The van der Waals surface area contributed by atoms with Crippen molar-refractivity contribution >= 4 is 28.5 Å². The number of benzene rings is 2. The number of amides is 1. The molecule has 3 aromatic rings. The first-order valence-corrected chi connectivity index (χ1v) is 12.6. The molecule has 9 heteroatoms. The van der Waals surface area contributed by atoms with Gasteiger partial charge >= 0.3 is 0 Å². The van der Waals surface area contributed by atoms with Gasteiger partial charge < -0.3 is 14.2 Å². The second-order valence-electron chi connectivity index (χ2n) is 8.43. The Bertz CT molecular complexity index is 1290. The van der Waals surface area contributed by atoms with Crippen LogP contribution in [0.1, 0.15) is 30.0 Å². The second kappa shape index (κ2) is 13.8. The summed E-state index contributed by atoms with van der Waals surface area (Å²) in [6, 6.07) is 14.9. The Labute approximate surface area is 221 Å². The topological polar surface area (TPSA) is 106 Å². The molecule has 0 unspecified atom stereocenters. The van der Waals surface area contributed by atoms with E-state index >= 15 is 0 Å². The minimum atomic E-state index is -0.553. The maximum Gasteiger partial charge on any atom is 0.268 e. The average molecular weight is 519 g/mol. The number of aromatic nitrogens is 2. The molecule has 8 nitrogen and oxygen atoms in total. The Kier molecular flexibility index (Phi) is 10.2. The highest BCUT2D eigenvalue weighted by Gasteiger charge is 2.14. The Balaban J connectivity index is 1.61. The lowest BCUT2D eigenvalue weighted by atomic mass is 10.1. The van der Waals surface area contributed by atoms with Crippen molar-refractivity contribution in [1.82, 2.24) is 10.2 Å². The van der Waals surface area contributed by atoms with Crippen LogP contribution in [-0.4, -0.2) is 36.4 Å². The molecule has 1 aromatic heterocycles. The number of rotatable bonds is 13. The molecule has 37 heavy (non-hydrogen) atoms. The number of hydrogen-bond acceptors (Lipinski definition) is 8. The summed E-state index contributed by atoms with van der Waals surface area (Å²) in [6.45, 7) is 8.60. The number of nitrogens with one attached hydrogen (secondary N) is 1. The van der Waals surface area contributed by atoms with Gasteiger partial charge in [-0.3, -0.25) is 10.1 Å². The molecule has 0 atom stereocenters. The summed E-state index contributed by atoms with van der Waals surface area (Å²) in [5.74, 6) is 1.67. The lowest BCUT2D eigenvalue weighted by molar-refractivity contribution is -0.112. The van der Waals surface area contributed by atoms with E-state index in [1.54, 1.807) is 18.2 Å². The molecule has 1 amide bonds. The third kappa shape index (κ3) is 8.19. The average Bonchev–Trinajstić information content (AvgIpc) is 3.32. The minimum absolute atomic E-state index is 0.0667. The molecular weight excluding hydrogens is 488 g/mol. The van der Waals surface area contributed by atoms with E-state index in [-0.39, 0.29) is 5.57 Å². The van der Waals surface area contributed by atoms with Gasteiger partial charge in [0.2, 0.25) is 5.13 Å². The number of nitriles is 1. The molecule has 1 heterocycles. The van der Waals surface area contributed by atoms with Crippen LogP contribution in [0.5, 0.6) is 17.2 Å². The molecule has 0 fully saturated rings. The number of carbonyl (C=O) groups excluding carboxylic acids is 1. The van der Waals surface area contributed by atoms with Crippen molar-refractivity contribution in [3.05, 3.63) is 76.8 Å². The normalized spacial score (nSPS) is 11.1. The Morgan fingerprint density at radius 2 is 1.89 bits per heavy atom. The summed E-state index contributed by atoms with van der Waals surface area (Å²) in [4.78, 5) is 12.6. The summed E-state index contributed by atoms with van der Waals surface area (Å²) in [5, 5.41) is 21.5. The van der Waals surface area contributed by atoms with Crippen molar-refractivity contribution in [3.63, 3.8) is 0 Å². The number of methoxy groups -OCH3 is 1. The number of carbonyl (C=O) groups is 1. The molecule has 192 valence electrons. The highest BCUT2D eigenvalue weighted by Crippen LogP contribution is 2.29. The third-order valence-electron chi connectivity index (χ3n) is 5.07. The van der Waals surface area contributed by atoms with Crippen molar-refractivity contribution in [1.29, 1.82) is 5.26 Å². The van der Waals surface area contributed by atoms with E-state index in [1.165, 1.54) is 24.5 Å². The quantitative estimate of drug-likeness (QED) is 0.138. The number of allylic oxidation sites excluding steroid dienone is 1. The summed E-state index contributed by atoms with van der Waals surface area (Å²) >= 11 is 1.30. The fraction of sp³-hybridized carbons (Fsp3) is 0.286. The van der Waals surface area contributed by atoms with Gasteiger partial charge in [-0.2, -0.15) is 5.26 Å². The molecule has 0 spiro atoms. The van der Waals surface area contributed by atoms with Crippen LogP contribution in [0.25, 0.3) is 6.08 Å². The van der Waals surface area contributed by atoms with E-state index in [0.717, 1.165) is 29.2 Å². The molecule has 3 rings (SSSR count). The van der Waals surface area contributed by atoms with E-state index in [0.29, 0.717) is 41.3 Å². The number of ether oxygens (including phenoxy) is 3. The SMILES string of the molecule is C=CCc1ccccc1OCCOc1ccc(C=C(C#N)C(=O)Nc2nnc(CC(C)C)s2)cc1OC. The zero-order valence-electron chi connectivity index (χ0n) is 21.2. The van der Waals surface area contributed by atoms with Gasteiger partial charge in [0.05, 0.1) is 7.11 Å². The van der Waals surface area contributed by atoms with Crippen LogP contribution in [0.15, 0.2) is 60.7 Å². The molecule has 0 aliphatic carbocycles. The molecule has 1 N–H and O–H groups in total. The Morgan fingerprint density at radius 1 is 1.14 bits per heavy atom. The fourth-order valence-electron chi connectivity index (χ4n) is 3.38. The van der Waals surface area contributed by atoms with Crippen molar-refractivity contribution in [2.45, 2.75) is 26.7 Å². The van der Waals surface area contributed by atoms with Crippen molar-refractivity contribution in [2.75, 3.05) is 25.6 Å². The third-order valence-corrected chi connectivity index (χ3v) is 5.93. The molecule has 0 saturated carbocycles. The van der Waals surface area contributed by atoms with Crippen LogP contribution in [0.3, 0.4) is 0 Å². The molecule has 2 aromatic carbocycles. The first-order valence-electron chi connectivity index (χ1n) is 11.8. The van der Waals surface area contributed by atoms with Crippen molar-refractivity contribution in [3.8, 4) is 23.3 Å². The number of para-hydroxylation sites is 1. The molecule has 0 aliphatic heterocycles. The highest BCUT2D eigenvalue weighted by atomic mass is 32.1. The minimum Gasteiger partial charge on any atom is -0.493 e. The van der Waals surface area contributed by atoms with E-state index in [1.807, 2.05) is 36.4 Å². The van der Waals surface area contributed by atoms with Gasteiger partial charge in [-0.1, -0.05) is 55.5 Å². The zero-order chi connectivity index (χ0) is 26.6. The molecular formula is C28H30N4O4S. The van der Waals surface area contributed by atoms with Gasteiger partial charge in [-0.15, -0.1) is 16.8 Å². The summed E-state index contributed by atoms with van der Waals surface area (Å²) in [7, 11) is 1.53. The van der Waals surface area contributed by atoms with E-state index in [2.05, 4.69) is 35.9 Å². The van der Waals surface area contributed by atoms with Crippen LogP contribution >= 0.6 is 11.3 Å². The first-order chi connectivity index (χ1) is 17.9. The van der Waals surface area contributed by atoms with E-state index < -0.39 is 5.91 Å². The maximum atomic E-state index is 12.6. The summed E-state index contributed by atoms with van der Waals surface area (Å²) in [5.41, 5.74) is 1.61. The first kappa shape index (κ1) is 27.4. The maximum absolute atomic E-state index is 12.6. The number of nitrogens with zero attached hydrogens (tertiary/aromatic N) is 3. The zero-order valence-corrected chi connectivity index (χ0v) is 22.0. The predicted octanol–water partition coefficient (Wildman–Crippen LogP) is 5.48. The largest absolute Gasteiger partial charge is 0.493 e. The predicted molar refractivity (Wildman–Crippen MR) is 145 cm³/mol. The van der Waals surface area contributed by atoms with Crippen LogP contribution < -0.4 is 19.5 Å². The van der Waals surface area contributed by atoms with Crippen molar-refractivity contribution in [2.24, 2.45) is 5.92 Å². The molecule has 0 aliphatic rings. The van der Waals surface area contributed by atoms with Crippen LogP contribution in [0.4, 0.5) is 5.13 Å². The van der Waals surface area contributed by atoms with Gasteiger partial charge in [0.25, 0.3) is 5.91 Å².